The quantitative estimate of drug-likeness (QED) is 0.350. The molecule has 0 aliphatic carbocycles. The lowest BCUT2D eigenvalue weighted by Gasteiger charge is -1.97. The van der Waals surface area contributed by atoms with E-state index >= 15 is 0 Å². The maximum Gasteiger partial charge on any atom is 0.126 e. The predicted molar refractivity (Wildman–Crippen MR) is 47.7 cm³/mol. The van der Waals surface area contributed by atoms with Gasteiger partial charge in [0.25, 0.3) is 0 Å². The molecule has 2 nitrogen and oxygen atoms in total. The van der Waals surface area contributed by atoms with Crippen molar-refractivity contribution in [2.75, 3.05) is 18.6 Å². The fourth-order valence-corrected chi connectivity index (χ4v) is 0.582. The molecule has 0 bridgehead atoms. The highest BCUT2D eigenvalue weighted by molar-refractivity contribution is 7.98. The summed E-state index contributed by atoms with van der Waals surface area (Å²) in [5, 5.41) is 3.88. The summed E-state index contributed by atoms with van der Waals surface area (Å²) >= 11 is 1.77. The molecule has 0 N–H and O–H groups in total. The van der Waals surface area contributed by atoms with E-state index in [1.165, 1.54) is 0 Å². The molecule has 0 spiro atoms. The summed E-state index contributed by atoms with van der Waals surface area (Å²) in [6.45, 7) is 4.76. The average Bonchev–Trinajstić information content (AvgIpc) is 1.98. The summed E-state index contributed by atoms with van der Waals surface area (Å²) in [6.07, 6.45) is 3.03. The standard InChI is InChI=1S/C7H15NOS/c1-4-7(2)8-9-5-6-10-3/h4-6H2,1-3H3/b8-7+. The number of rotatable bonds is 5. The zero-order chi connectivity index (χ0) is 7.82. The zero-order valence-electron chi connectivity index (χ0n) is 6.89. The maximum absolute atomic E-state index is 4.99. The molecule has 60 valence electrons. The van der Waals surface area contributed by atoms with Gasteiger partial charge in [-0.2, -0.15) is 11.8 Å². The van der Waals surface area contributed by atoms with Crippen molar-refractivity contribution in [3.05, 3.63) is 0 Å². The lowest BCUT2D eigenvalue weighted by Crippen LogP contribution is -1.94. The minimum Gasteiger partial charge on any atom is -0.395 e. The molecule has 0 rings (SSSR count). The Morgan fingerprint density at radius 2 is 2.30 bits per heavy atom. The number of oxime groups is 1. The van der Waals surface area contributed by atoms with Crippen LogP contribution in [0.2, 0.25) is 0 Å². The van der Waals surface area contributed by atoms with E-state index in [2.05, 4.69) is 18.3 Å². The summed E-state index contributed by atoms with van der Waals surface area (Å²) in [4.78, 5) is 4.99. The van der Waals surface area contributed by atoms with Crippen LogP contribution in [0.25, 0.3) is 0 Å². The summed E-state index contributed by atoms with van der Waals surface area (Å²) < 4.78 is 0. The van der Waals surface area contributed by atoms with Gasteiger partial charge in [0.1, 0.15) is 6.61 Å². The minimum atomic E-state index is 0.721. The first-order chi connectivity index (χ1) is 4.81. The Kier molecular flexibility index (Phi) is 6.81. The van der Waals surface area contributed by atoms with E-state index < -0.39 is 0 Å². The highest BCUT2D eigenvalue weighted by Crippen LogP contribution is 1.92. The van der Waals surface area contributed by atoms with Gasteiger partial charge in [0, 0.05) is 5.75 Å². The molecule has 3 heteroatoms. The van der Waals surface area contributed by atoms with Crippen molar-refractivity contribution in [3.63, 3.8) is 0 Å². The second-order valence-electron chi connectivity index (χ2n) is 2.01. The van der Waals surface area contributed by atoms with E-state index in [4.69, 9.17) is 4.84 Å². The van der Waals surface area contributed by atoms with E-state index in [9.17, 15) is 0 Å². The molecule has 0 aliphatic rings. The van der Waals surface area contributed by atoms with Crippen molar-refractivity contribution in [2.24, 2.45) is 5.16 Å². The van der Waals surface area contributed by atoms with Crippen LogP contribution in [0.4, 0.5) is 0 Å². The van der Waals surface area contributed by atoms with Gasteiger partial charge in [-0.15, -0.1) is 0 Å². The number of hydrogen-bond acceptors (Lipinski definition) is 3. The Labute approximate surface area is 67.0 Å². The minimum absolute atomic E-state index is 0.721. The first kappa shape index (κ1) is 9.82. The van der Waals surface area contributed by atoms with Crippen LogP contribution in [0.3, 0.4) is 0 Å². The molecule has 0 saturated carbocycles. The van der Waals surface area contributed by atoms with E-state index in [1.54, 1.807) is 11.8 Å². The summed E-state index contributed by atoms with van der Waals surface area (Å²) in [5.41, 5.74) is 1.06. The van der Waals surface area contributed by atoms with Crippen LogP contribution in [0.1, 0.15) is 20.3 Å². The van der Waals surface area contributed by atoms with Gasteiger partial charge >= 0.3 is 0 Å². The first-order valence-corrected chi connectivity index (χ1v) is 4.85. The second kappa shape index (κ2) is 6.93. The van der Waals surface area contributed by atoms with Crippen LogP contribution in [0.5, 0.6) is 0 Å². The van der Waals surface area contributed by atoms with Gasteiger partial charge in [-0.05, 0) is 19.6 Å². The van der Waals surface area contributed by atoms with Crippen LogP contribution in [-0.4, -0.2) is 24.3 Å². The number of thioether (sulfide) groups is 1. The third kappa shape index (κ3) is 5.95. The van der Waals surface area contributed by atoms with Crippen LogP contribution in [-0.2, 0) is 4.84 Å². The fraction of sp³-hybridized carbons (Fsp3) is 0.857. The monoisotopic (exact) mass is 161 g/mol. The predicted octanol–water partition coefficient (Wildman–Crippen LogP) is 2.15. The highest BCUT2D eigenvalue weighted by atomic mass is 32.2. The Morgan fingerprint density at radius 1 is 1.60 bits per heavy atom. The van der Waals surface area contributed by atoms with Gasteiger partial charge in [0.05, 0.1) is 5.71 Å². The highest BCUT2D eigenvalue weighted by Gasteiger charge is 1.85. The number of nitrogens with zero attached hydrogens (tertiary/aromatic N) is 1. The third-order valence-electron chi connectivity index (χ3n) is 1.11. The molecule has 10 heavy (non-hydrogen) atoms. The zero-order valence-corrected chi connectivity index (χ0v) is 7.70. The van der Waals surface area contributed by atoms with E-state index in [0.717, 1.165) is 24.5 Å². The number of hydrogen-bond donors (Lipinski definition) is 0. The molecule has 0 radical (unpaired) electrons. The summed E-state index contributed by atoms with van der Waals surface area (Å²) in [6, 6.07) is 0. The SMILES string of the molecule is CC/C(C)=N/OCCSC. The largest absolute Gasteiger partial charge is 0.395 e. The molecule has 0 heterocycles. The van der Waals surface area contributed by atoms with Crippen molar-refractivity contribution in [3.8, 4) is 0 Å². The van der Waals surface area contributed by atoms with Gasteiger partial charge < -0.3 is 4.84 Å². The van der Waals surface area contributed by atoms with Gasteiger partial charge in [-0.25, -0.2) is 0 Å². The fourth-order valence-electron chi connectivity index (χ4n) is 0.341. The first-order valence-electron chi connectivity index (χ1n) is 3.45. The molecule has 0 aromatic rings. The molecular formula is C7H15NOS. The van der Waals surface area contributed by atoms with Crippen molar-refractivity contribution in [1.29, 1.82) is 0 Å². The van der Waals surface area contributed by atoms with E-state index in [1.807, 2.05) is 6.92 Å². The van der Waals surface area contributed by atoms with E-state index in [-0.39, 0.29) is 0 Å². The Morgan fingerprint density at radius 3 is 2.80 bits per heavy atom. The second-order valence-corrected chi connectivity index (χ2v) is 2.99. The molecule has 0 amide bonds. The summed E-state index contributed by atoms with van der Waals surface area (Å²) in [5.74, 6) is 1.01. The summed E-state index contributed by atoms with van der Waals surface area (Å²) in [7, 11) is 0. The van der Waals surface area contributed by atoms with Gasteiger partial charge in [-0.1, -0.05) is 12.1 Å². The lowest BCUT2D eigenvalue weighted by molar-refractivity contribution is 0.160. The average molecular weight is 161 g/mol. The van der Waals surface area contributed by atoms with Crippen LogP contribution < -0.4 is 0 Å². The van der Waals surface area contributed by atoms with Crippen LogP contribution in [0, 0.1) is 0 Å². The van der Waals surface area contributed by atoms with Crippen molar-refractivity contribution >= 4 is 17.5 Å². The van der Waals surface area contributed by atoms with Crippen LogP contribution >= 0.6 is 11.8 Å². The van der Waals surface area contributed by atoms with Gasteiger partial charge in [0.2, 0.25) is 0 Å². The molecule has 0 aromatic carbocycles. The third-order valence-corrected chi connectivity index (χ3v) is 1.69. The molecule has 0 aliphatic heterocycles. The molecule has 0 saturated heterocycles. The molecule has 0 aromatic heterocycles. The normalized spacial score (nSPS) is 11.7. The molecule has 0 atom stereocenters. The van der Waals surface area contributed by atoms with Crippen molar-refractivity contribution in [1.82, 2.24) is 0 Å². The smallest absolute Gasteiger partial charge is 0.126 e. The van der Waals surface area contributed by atoms with Crippen molar-refractivity contribution < 1.29 is 4.84 Å². The maximum atomic E-state index is 4.99. The van der Waals surface area contributed by atoms with Crippen molar-refractivity contribution in [2.45, 2.75) is 20.3 Å². The van der Waals surface area contributed by atoms with Crippen LogP contribution in [0.15, 0.2) is 5.16 Å². The van der Waals surface area contributed by atoms with E-state index in [0.29, 0.717) is 0 Å². The molecule has 0 fully saturated rings. The topological polar surface area (TPSA) is 21.6 Å². The molecular weight excluding hydrogens is 146 g/mol. The van der Waals surface area contributed by atoms with Gasteiger partial charge in [0.15, 0.2) is 0 Å². The Hall–Kier alpha value is -0.180. The Balaban J connectivity index is 3.16. The lowest BCUT2D eigenvalue weighted by atomic mass is 10.3. The Bertz CT molecular complexity index is 104. The van der Waals surface area contributed by atoms with Gasteiger partial charge in [-0.3, -0.25) is 0 Å². The molecule has 0 unspecified atom stereocenters.